The number of hydrogen-bond acceptors (Lipinski definition) is 2. The van der Waals surface area contributed by atoms with E-state index in [1.54, 1.807) is 0 Å². The van der Waals surface area contributed by atoms with Gasteiger partial charge in [-0.1, -0.05) is 38.1 Å². The number of likely N-dealkylation sites (tertiary alicyclic amines) is 1. The molecule has 0 radical (unpaired) electrons. The van der Waals surface area contributed by atoms with E-state index >= 15 is 0 Å². The third kappa shape index (κ3) is 2.45. The Balaban J connectivity index is 0.000000574. The number of rotatable bonds is 0. The number of piperidine rings is 1. The van der Waals surface area contributed by atoms with Crippen LogP contribution >= 0.6 is 0 Å². The lowest BCUT2D eigenvalue weighted by molar-refractivity contribution is -0.0950. The van der Waals surface area contributed by atoms with E-state index in [1.165, 1.54) is 11.1 Å². The lowest BCUT2D eigenvalue weighted by Crippen LogP contribution is -2.45. The van der Waals surface area contributed by atoms with Crippen molar-refractivity contribution in [3.8, 4) is 0 Å². The third-order valence-electron chi connectivity index (χ3n) is 4.05. The molecule has 1 spiro atoms. The molecule has 1 fully saturated rings. The Bertz CT molecular complexity index is 380. The van der Waals surface area contributed by atoms with Crippen molar-refractivity contribution in [3.05, 3.63) is 35.4 Å². The zero-order chi connectivity index (χ0) is 13.0. The first-order valence-electron chi connectivity index (χ1n) is 7.21. The lowest BCUT2D eigenvalue weighted by atomic mass is 9.79. The molecule has 100 valence electrons. The van der Waals surface area contributed by atoms with Crippen molar-refractivity contribution in [1.82, 2.24) is 4.90 Å². The molecule has 0 aliphatic carbocycles. The standard InChI is InChI=1S/C14H19NO.C2H6/c1-15-9-7-14(8-10-15)13-5-3-2-4-12(13)6-11-16-14;1-2/h2-5H,6-11H2,1H3;1-2H3. The Morgan fingerprint density at radius 3 is 2.50 bits per heavy atom. The molecule has 2 aliphatic rings. The maximum absolute atomic E-state index is 6.15. The summed E-state index contributed by atoms with van der Waals surface area (Å²) < 4.78 is 6.15. The van der Waals surface area contributed by atoms with Gasteiger partial charge in [-0.15, -0.1) is 0 Å². The predicted molar refractivity (Wildman–Crippen MR) is 75.9 cm³/mol. The van der Waals surface area contributed by atoms with Crippen molar-refractivity contribution in [1.29, 1.82) is 0 Å². The average Bonchev–Trinajstić information content (AvgIpc) is 2.45. The summed E-state index contributed by atoms with van der Waals surface area (Å²) in [6, 6.07) is 8.82. The van der Waals surface area contributed by atoms with Gasteiger partial charge in [0.1, 0.15) is 0 Å². The zero-order valence-corrected chi connectivity index (χ0v) is 11.9. The van der Waals surface area contributed by atoms with E-state index in [-0.39, 0.29) is 5.60 Å². The smallest absolute Gasteiger partial charge is 0.0958 e. The number of fused-ring (bicyclic) bond motifs is 2. The molecule has 1 saturated heterocycles. The fourth-order valence-corrected chi connectivity index (χ4v) is 3.01. The van der Waals surface area contributed by atoms with Crippen LogP contribution in [-0.2, 0) is 16.8 Å². The Morgan fingerprint density at radius 1 is 1.11 bits per heavy atom. The van der Waals surface area contributed by atoms with E-state index in [1.807, 2.05) is 13.8 Å². The van der Waals surface area contributed by atoms with Gasteiger partial charge >= 0.3 is 0 Å². The fourth-order valence-electron chi connectivity index (χ4n) is 3.01. The second-order valence-electron chi connectivity index (χ2n) is 5.05. The van der Waals surface area contributed by atoms with Crippen molar-refractivity contribution in [3.63, 3.8) is 0 Å². The minimum absolute atomic E-state index is 0.0291. The molecule has 0 aromatic heterocycles. The van der Waals surface area contributed by atoms with Gasteiger partial charge in [-0.25, -0.2) is 0 Å². The molecule has 0 unspecified atom stereocenters. The average molecular weight is 247 g/mol. The van der Waals surface area contributed by atoms with E-state index < -0.39 is 0 Å². The Labute approximate surface area is 111 Å². The Hall–Kier alpha value is -0.860. The van der Waals surface area contributed by atoms with Crippen molar-refractivity contribution < 1.29 is 4.74 Å². The maximum atomic E-state index is 6.15. The van der Waals surface area contributed by atoms with Crippen LogP contribution in [0.5, 0.6) is 0 Å². The maximum Gasteiger partial charge on any atom is 0.0958 e. The van der Waals surface area contributed by atoms with Crippen LogP contribution < -0.4 is 0 Å². The number of benzene rings is 1. The normalized spacial score (nSPS) is 21.9. The zero-order valence-electron chi connectivity index (χ0n) is 11.9. The summed E-state index contributed by atoms with van der Waals surface area (Å²) in [5.41, 5.74) is 2.98. The summed E-state index contributed by atoms with van der Waals surface area (Å²) >= 11 is 0. The molecular formula is C16H25NO. The number of ether oxygens (including phenoxy) is 1. The van der Waals surface area contributed by atoms with Crippen LogP contribution in [0.3, 0.4) is 0 Å². The molecule has 3 rings (SSSR count). The van der Waals surface area contributed by atoms with Gasteiger partial charge in [0.05, 0.1) is 12.2 Å². The SMILES string of the molecule is CC.CN1CCC2(CC1)OCCc1ccccc12. The molecule has 2 nitrogen and oxygen atoms in total. The lowest BCUT2D eigenvalue weighted by Gasteiger charge is -2.44. The second kappa shape index (κ2) is 5.85. The Morgan fingerprint density at radius 2 is 1.78 bits per heavy atom. The monoisotopic (exact) mass is 247 g/mol. The summed E-state index contributed by atoms with van der Waals surface area (Å²) in [6.45, 7) is 7.18. The molecule has 0 bridgehead atoms. The second-order valence-corrected chi connectivity index (χ2v) is 5.05. The summed E-state index contributed by atoms with van der Waals surface area (Å²) in [4.78, 5) is 2.39. The molecule has 0 atom stereocenters. The quantitative estimate of drug-likeness (QED) is 0.698. The molecule has 2 heterocycles. The minimum atomic E-state index is 0.0291. The van der Waals surface area contributed by atoms with Gasteiger partial charge in [-0.05, 0) is 37.4 Å². The molecule has 0 N–H and O–H groups in total. The highest BCUT2D eigenvalue weighted by molar-refractivity contribution is 5.35. The summed E-state index contributed by atoms with van der Waals surface area (Å²) in [6.07, 6.45) is 3.36. The van der Waals surface area contributed by atoms with Gasteiger partial charge in [0.25, 0.3) is 0 Å². The van der Waals surface area contributed by atoms with Gasteiger partial charge in [0.15, 0.2) is 0 Å². The van der Waals surface area contributed by atoms with E-state index in [4.69, 9.17) is 4.74 Å². The van der Waals surface area contributed by atoms with E-state index in [2.05, 4.69) is 36.2 Å². The molecule has 18 heavy (non-hydrogen) atoms. The highest BCUT2D eigenvalue weighted by Gasteiger charge is 2.39. The van der Waals surface area contributed by atoms with E-state index in [0.29, 0.717) is 0 Å². The molecule has 1 aromatic carbocycles. The molecule has 2 heteroatoms. The van der Waals surface area contributed by atoms with Gasteiger partial charge in [0, 0.05) is 13.1 Å². The highest BCUT2D eigenvalue weighted by atomic mass is 16.5. The van der Waals surface area contributed by atoms with Gasteiger partial charge in [-0.3, -0.25) is 0 Å². The van der Waals surface area contributed by atoms with Crippen LogP contribution in [0.2, 0.25) is 0 Å². The third-order valence-corrected chi connectivity index (χ3v) is 4.05. The first-order valence-corrected chi connectivity index (χ1v) is 7.21. The predicted octanol–water partition coefficient (Wildman–Crippen LogP) is 3.21. The topological polar surface area (TPSA) is 12.5 Å². The van der Waals surface area contributed by atoms with E-state index in [0.717, 1.165) is 39.0 Å². The van der Waals surface area contributed by atoms with Crippen molar-refractivity contribution in [2.24, 2.45) is 0 Å². The largest absolute Gasteiger partial charge is 0.370 e. The van der Waals surface area contributed by atoms with Crippen LogP contribution in [0.1, 0.15) is 37.8 Å². The number of nitrogens with zero attached hydrogens (tertiary/aromatic N) is 1. The van der Waals surface area contributed by atoms with Crippen LogP contribution in [0.25, 0.3) is 0 Å². The van der Waals surface area contributed by atoms with E-state index in [9.17, 15) is 0 Å². The Kier molecular flexibility index (Phi) is 4.41. The fraction of sp³-hybridized carbons (Fsp3) is 0.625. The molecule has 0 saturated carbocycles. The first-order chi connectivity index (χ1) is 8.80. The van der Waals surface area contributed by atoms with Gasteiger partial charge in [0.2, 0.25) is 0 Å². The summed E-state index contributed by atoms with van der Waals surface area (Å²) in [7, 11) is 2.20. The van der Waals surface area contributed by atoms with Gasteiger partial charge < -0.3 is 9.64 Å². The van der Waals surface area contributed by atoms with Crippen LogP contribution in [-0.4, -0.2) is 31.6 Å². The van der Waals surface area contributed by atoms with Crippen LogP contribution in [0, 0.1) is 0 Å². The first kappa shape index (κ1) is 13.6. The summed E-state index contributed by atoms with van der Waals surface area (Å²) in [5.74, 6) is 0. The van der Waals surface area contributed by atoms with Crippen molar-refractivity contribution in [2.45, 2.75) is 38.7 Å². The number of hydrogen-bond donors (Lipinski definition) is 0. The van der Waals surface area contributed by atoms with Crippen molar-refractivity contribution in [2.75, 3.05) is 26.7 Å². The molecule has 1 aromatic rings. The minimum Gasteiger partial charge on any atom is -0.370 e. The van der Waals surface area contributed by atoms with Crippen LogP contribution in [0.15, 0.2) is 24.3 Å². The van der Waals surface area contributed by atoms with Gasteiger partial charge in [-0.2, -0.15) is 0 Å². The summed E-state index contributed by atoms with van der Waals surface area (Å²) in [5, 5.41) is 0. The molecule has 0 amide bonds. The molecule has 2 aliphatic heterocycles. The molecular weight excluding hydrogens is 222 g/mol. The van der Waals surface area contributed by atoms with Crippen LogP contribution in [0.4, 0.5) is 0 Å². The van der Waals surface area contributed by atoms with Crippen molar-refractivity contribution >= 4 is 0 Å². The highest BCUT2D eigenvalue weighted by Crippen LogP contribution is 2.40.